The third-order valence-electron chi connectivity index (χ3n) is 13.5. The van der Waals surface area contributed by atoms with Crippen molar-refractivity contribution >= 4 is 45.6 Å². The van der Waals surface area contributed by atoms with Crippen LogP contribution in [0.1, 0.15) is 22.3 Å². The lowest BCUT2D eigenvalue weighted by Crippen LogP contribution is -2.39. The zero-order valence-corrected chi connectivity index (χ0v) is 37.6. The number of benzene rings is 10. The lowest BCUT2D eigenvalue weighted by atomic mass is 9.66. The summed E-state index contributed by atoms with van der Waals surface area (Å²) in [6.45, 7) is 7.33. The zero-order valence-electron chi connectivity index (χ0n) is 36.6. The van der Waals surface area contributed by atoms with Crippen LogP contribution < -0.4 is 5.19 Å². The average molecular weight is 848 g/mol. The molecule has 308 valence electrons. The van der Waals surface area contributed by atoms with Crippen LogP contribution in [0.2, 0.25) is 19.6 Å². The molecule has 0 bridgehead atoms. The standard InChI is InChI=1S/C61H45N3Si/c1-65(2,3)46-34-36-53-54-32-18-31-47(57(54)61(56(53)39-46,44-23-9-5-10-24-44)45-25-11-6-12-26-45)41-21-17-22-42(37-41)59-62-58(40-19-7-4-8-20-40)63-60(64-59)43-33-35-52-50-29-14-13-27-48(50)49-28-15-16-30-51(49)55(52)38-43/h4-39H,1-3H3. The van der Waals surface area contributed by atoms with Crippen molar-refractivity contribution in [1.82, 2.24) is 15.0 Å². The van der Waals surface area contributed by atoms with Crippen molar-refractivity contribution in [3.05, 3.63) is 241 Å². The van der Waals surface area contributed by atoms with Crippen LogP contribution in [0.5, 0.6) is 0 Å². The van der Waals surface area contributed by atoms with Gasteiger partial charge in [-0.2, -0.15) is 0 Å². The second kappa shape index (κ2) is 15.2. The van der Waals surface area contributed by atoms with E-state index in [0.29, 0.717) is 17.5 Å². The zero-order chi connectivity index (χ0) is 43.7. The Morgan fingerprint density at radius 1 is 0.323 bits per heavy atom. The highest BCUT2D eigenvalue weighted by Gasteiger charge is 2.48. The Kier molecular flexibility index (Phi) is 9.08. The summed E-state index contributed by atoms with van der Waals surface area (Å²) in [6.07, 6.45) is 0. The van der Waals surface area contributed by atoms with E-state index in [1.165, 1.54) is 76.4 Å². The van der Waals surface area contributed by atoms with Crippen LogP contribution >= 0.6 is 0 Å². The van der Waals surface area contributed by atoms with E-state index >= 15 is 0 Å². The molecule has 65 heavy (non-hydrogen) atoms. The Hall–Kier alpha value is -7.79. The Labute approximate surface area is 380 Å². The van der Waals surface area contributed by atoms with E-state index in [0.717, 1.165) is 22.3 Å². The maximum atomic E-state index is 5.33. The SMILES string of the molecule is C[Si](C)(C)c1ccc2c(c1)C(c1ccccc1)(c1ccccc1)c1c(-c3cccc(-c4nc(-c5ccccc5)nc(-c5ccc6c7ccccc7c7ccccc7c6c5)n4)c3)cccc1-2. The van der Waals surface area contributed by atoms with Gasteiger partial charge in [-0.05, 0) is 89.0 Å². The minimum Gasteiger partial charge on any atom is -0.208 e. The molecule has 3 nitrogen and oxygen atoms in total. The molecule has 1 heterocycles. The van der Waals surface area contributed by atoms with Crippen LogP contribution in [-0.2, 0) is 5.41 Å². The van der Waals surface area contributed by atoms with Crippen LogP contribution in [-0.4, -0.2) is 23.0 Å². The maximum absolute atomic E-state index is 5.33. The molecule has 1 aliphatic carbocycles. The van der Waals surface area contributed by atoms with Crippen LogP contribution in [0.4, 0.5) is 0 Å². The van der Waals surface area contributed by atoms with Crippen LogP contribution in [0, 0.1) is 0 Å². The summed E-state index contributed by atoms with van der Waals surface area (Å²) in [6, 6.07) is 79.6. The quantitative estimate of drug-likeness (QED) is 0.118. The van der Waals surface area contributed by atoms with Crippen molar-refractivity contribution in [3.8, 4) is 56.4 Å². The Morgan fingerprint density at radius 3 is 1.38 bits per heavy atom. The molecule has 0 atom stereocenters. The molecule has 12 rings (SSSR count). The fraction of sp³-hybridized carbons (Fsp3) is 0.0656. The molecule has 0 unspecified atom stereocenters. The number of hydrogen-bond donors (Lipinski definition) is 0. The monoisotopic (exact) mass is 847 g/mol. The van der Waals surface area contributed by atoms with Crippen molar-refractivity contribution in [2.75, 3.05) is 0 Å². The van der Waals surface area contributed by atoms with E-state index < -0.39 is 13.5 Å². The first-order chi connectivity index (χ1) is 31.9. The molecule has 0 saturated heterocycles. The molecule has 0 fully saturated rings. The van der Waals surface area contributed by atoms with Gasteiger partial charge in [0.2, 0.25) is 0 Å². The summed E-state index contributed by atoms with van der Waals surface area (Å²) in [5, 5.41) is 8.79. The van der Waals surface area contributed by atoms with E-state index in [1.807, 2.05) is 18.2 Å². The van der Waals surface area contributed by atoms with Crippen molar-refractivity contribution < 1.29 is 0 Å². The van der Waals surface area contributed by atoms with E-state index in [4.69, 9.17) is 15.0 Å². The maximum Gasteiger partial charge on any atom is 0.164 e. The number of hydrogen-bond acceptors (Lipinski definition) is 3. The molecule has 0 radical (unpaired) electrons. The second-order valence-corrected chi connectivity index (χ2v) is 23.4. The van der Waals surface area contributed by atoms with Crippen LogP contribution in [0.3, 0.4) is 0 Å². The smallest absolute Gasteiger partial charge is 0.164 e. The molecule has 11 aromatic rings. The third-order valence-corrected chi connectivity index (χ3v) is 15.6. The van der Waals surface area contributed by atoms with Crippen LogP contribution in [0.15, 0.2) is 218 Å². The Morgan fingerprint density at radius 2 is 0.785 bits per heavy atom. The van der Waals surface area contributed by atoms with Gasteiger partial charge in [-0.3, -0.25) is 0 Å². The third kappa shape index (κ3) is 6.28. The summed E-state index contributed by atoms with van der Waals surface area (Å²) in [5.41, 5.74) is 12.3. The fourth-order valence-corrected chi connectivity index (χ4v) is 11.6. The van der Waals surface area contributed by atoms with Gasteiger partial charge in [0.25, 0.3) is 0 Å². The molecule has 1 aliphatic rings. The summed E-state index contributed by atoms with van der Waals surface area (Å²) in [7, 11) is -1.68. The second-order valence-electron chi connectivity index (χ2n) is 18.3. The summed E-state index contributed by atoms with van der Waals surface area (Å²) in [4.78, 5) is 15.7. The average Bonchev–Trinajstić information content (AvgIpc) is 3.67. The van der Waals surface area contributed by atoms with E-state index in [2.05, 4.69) is 220 Å². The first-order valence-electron chi connectivity index (χ1n) is 22.5. The van der Waals surface area contributed by atoms with Crippen molar-refractivity contribution in [2.24, 2.45) is 0 Å². The molecule has 4 heteroatoms. The minimum atomic E-state index is -1.68. The molecule has 0 N–H and O–H groups in total. The molecule has 0 saturated carbocycles. The van der Waals surface area contributed by atoms with E-state index in [-0.39, 0.29) is 0 Å². The molecule has 10 aromatic carbocycles. The van der Waals surface area contributed by atoms with Gasteiger partial charge in [0.15, 0.2) is 17.5 Å². The van der Waals surface area contributed by atoms with E-state index in [9.17, 15) is 0 Å². The van der Waals surface area contributed by atoms with Crippen molar-refractivity contribution in [3.63, 3.8) is 0 Å². The van der Waals surface area contributed by atoms with Gasteiger partial charge in [0.1, 0.15) is 0 Å². The molecule has 0 spiro atoms. The highest BCUT2D eigenvalue weighted by atomic mass is 28.3. The Balaban J connectivity index is 1.07. The highest BCUT2D eigenvalue weighted by molar-refractivity contribution is 6.88. The van der Waals surface area contributed by atoms with E-state index in [1.54, 1.807) is 0 Å². The first kappa shape index (κ1) is 38.8. The normalized spacial score (nSPS) is 13.0. The largest absolute Gasteiger partial charge is 0.208 e. The number of fused-ring (bicyclic) bond motifs is 9. The van der Waals surface area contributed by atoms with Gasteiger partial charge in [-0.1, -0.05) is 231 Å². The van der Waals surface area contributed by atoms with Gasteiger partial charge >= 0.3 is 0 Å². The molecule has 0 amide bonds. The predicted molar refractivity (Wildman–Crippen MR) is 274 cm³/mol. The highest BCUT2D eigenvalue weighted by Crippen LogP contribution is 2.58. The molecular weight excluding hydrogens is 803 g/mol. The predicted octanol–water partition coefficient (Wildman–Crippen LogP) is 14.9. The Bertz CT molecular complexity index is 3560. The number of rotatable bonds is 7. The minimum absolute atomic E-state index is 0.554. The van der Waals surface area contributed by atoms with Gasteiger partial charge in [-0.15, -0.1) is 0 Å². The molecular formula is C61H45N3Si. The number of nitrogens with zero attached hydrogens (tertiary/aromatic N) is 3. The number of aromatic nitrogens is 3. The summed E-state index contributed by atoms with van der Waals surface area (Å²) in [5.74, 6) is 1.91. The van der Waals surface area contributed by atoms with Crippen LogP contribution in [0.25, 0.3) is 88.7 Å². The summed E-state index contributed by atoms with van der Waals surface area (Å²) >= 11 is 0. The van der Waals surface area contributed by atoms with Crippen molar-refractivity contribution in [1.29, 1.82) is 0 Å². The summed E-state index contributed by atoms with van der Waals surface area (Å²) < 4.78 is 0. The molecule has 1 aromatic heterocycles. The van der Waals surface area contributed by atoms with Gasteiger partial charge in [0, 0.05) is 16.7 Å². The lowest BCUT2D eigenvalue weighted by Gasteiger charge is -2.36. The molecule has 0 aliphatic heterocycles. The lowest BCUT2D eigenvalue weighted by molar-refractivity contribution is 0.771. The topological polar surface area (TPSA) is 38.7 Å². The first-order valence-corrected chi connectivity index (χ1v) is 26.0. The fourth-order valence-electron chi connectivity index (χ4n) is 10.5. The van der Waals surface area contributed by atoms with Crippen molar-refractivity contribution in [2.45, 2.75) is 25.1 Å². The van der Waals surface area contributed by atoms with Gasteiger partial charge < -0.3 is 0 Å². The van der Waals surface area contributed by atoms with Gasteiger partial charge in [0.05, 0.1) is 13.5 Å². The van der Waals surface area contributed by atoms with Gasteiger partial charge in [-0.25, -0.2) is 15.0 Å².